The molecule has 2 aromatic carbocycles. The van der Waals surface area contributed by atoms with E-state index >= 15 is 0 Å². The van der Waals surface area contributed by atoms with Gasteiger partial charge in [-0.3, -0.25) is 4.79 Å². The number of carbonyl (C=O) groups is 1. The minimum absolute atomic E-state index is 0. The topological polar surface area (TPSA) is 23.6 Å². The van der Waals surface area contributed by atoms with E-state index in [9.17, 15) is 9.18 Å². The van der Waals surface area contributed by atoms with Crippen molar-refractivity contribution in [2.75, 3.05) is 26.7 Å². The van der Waals surface area contributed by atoms with Gasteiger partial charge in [0, 0.05) is 27.6 Å². The Morgan fingerprint density at radius 1 is 1.03 bits per heavy atom. The lowest BCUT2D eigenvalue weighted by atomic mass is 9.67. The summed E-state index contributed by atoms with van der Waals surface area (Å²) in [5.74, 6) is -0.228. The molecular formula is C24H26Cl3FN2O. The fourth-order valence-electron chi connectivity index (χ4n) is 4.73. The van der Waals surface area contributed by atoms with Crippen molar-refractivity contribution in [3.05, 3.63) is 81.1 Å². The van der Waals surface area contributed by atoms with E-state index in [0.29, 0.717) is 16.6 Å². The van der Waals surface area contributed by atoms with Crippen molar-refractivity contribution in [2.45, 2.75) is 31.2 Å². The first-order chi connectivity index (χ1) is 14.3. The summed E-state index contributed by atoms with van der Waals surface area (Å²) in [7, 11) is 2.09. The average molecular weight is 484 g/mol. The minimum atomic E-state index is -0.391. The summed E-state index contributed by atoms with van der Waals surface area (Å²) in [6.07, 6.45) is 3.72. The predicted molar refractivity (Wildman–Crippen MR) is 127 cm³/mol. The first-order valence-corrected chi connectivity index (χ1v) is 11.0. The maximum atomic E-state index is 13.6. The Morgan fingerprint density at radius 3 is 2.19 bits per heavy atom. The highest BCUT2D eigenvalue weighted by atomic mass is 35.5. The smallest absolute Gasteiger partial charge is 0.251 e. The van der Waals surface area contributed by atoms with E-state index in [2.05, 4.69) is 18.0 Å². The minimum Gasteiger partial charge on any atom is -0.328 e. The second-order valence-corrected chi connectivity index (χ2v) is 9.22. The number of amides is 1. The number of hydrogen-bond acceptors (Lipinski definition) is 2. The first-order valence-electron chi connectivity index (χ1n) is 10.2. The number of nitrogens with zero attached hydrogens (tertiary/aromatic N) is 2. The summed E-state index contributed by atoms with van der Waals surface area (Å²) >= 11 is 12.4. The van der Waals surface area contributed by atoms with Gasteiger partial charge in [0.15, 0.2) is 0 Å². The Morgan fingerprint density at radius 2 is 1.61 bits per heavy atom. The highest BCUT2D eigenvalue weighted by molar-refractivity contribution is 6.34. The fraction of sp³-hybridized carbons (Fsp3) is 0.375. The van der Waals surface area contributed by atoms with Crippen LogP contribution in [0.5, 0.6) is 0 Å². The van der Waals surface area contributed by atoms with Crippen LogP contribution in [-0.2, 0) is 10.2 Å². The van der Waals surface area contributed by atoms with Gasteiger partial charge in [-0.05, 0) is 81.4 Å². The van der Waals surface area contributed by atoms with Crippen LogP contribution >= 0.6 is 35.6 Å². The van der Waals surface area contributed by atoms with Crippen molar-refractivity contribution < 1.29 is 9.18 Å². The lowest BCUT2D eigenvalue weighted by Gasteiger charge is -2.42. The molecule has 1 saturated heterocycles. The van der Waals surface area contributed by atoms with Crippen LogP contribution in [0.15, 0.2) is 54.1 Å². The fourth-order valence-corrected chi connectivity index (χ4v) is 5.27. The van der Waals surface area contributed by atoms with E-state index in [4.69, 9.17) is 23.2 Å². The lowest BCUT2D eigenvalue weighted by Crippen LogP contribution is -2.45. The molecule has 1 unspecified atom stereocenters. The standard InChI is InChI=1S/C24H25Cl2FN2O.ClH/c1-16(17-13-19(25)15-20(26)14-17)29-10-7-22(23(29)30)24(8-11-28(2)12-9-24)18-3-5-21(27)6-4-18;/h3-7,13-16H,8-12H2,1-2H3;1H. The second kappa shape index (κ2) is 9.50. The van der Waals surface area contributed by atoms with Gasteiger partial charge in [0.2, 0.25) is 0 Å². The van der Waals surface area contributed by atoms with Gasteiger partial charge in [0.05, 0.1) is 6.04 Å². The van der Waals surface area contributed by atoms with E-state index in [0.717, 1.165) is 42.6 Å². The number of halogens is 4. The number of rotatable bonds is 4. The van der Waals surface area contributed by atoms with Crippen molar-refractivity contribution in [2.24, 2.45) is 0 Å². The number of piperidine rings is 1. The number of likely N-dealkylation sites (tertiary alicyclic amines) is 1. The highest BCUT2D eigenvalue weighted by Gasteiger charge is 2.45. The maximum Gasteiger partial charge on any atom is 0.251 e. The molecule has 0 bridgehead atoms. The molecule has 7 heteroatoms. The Balaban J connectivity index is 0.00000272. The van der Waals surface area contributed by atoms with E-state index in [1.807, 2.05) is 36.1 Å². The van der Waals surface area contributed by atoms with Crippen LogP contribution in [0.4, 0.5) is 4.39 Å². The Labute approximate surface area is 199 Å². The molecule has 1 atom stereocenters. The van der Waals surface area contributed by atoms with Gasteiger partial charge in [0.1, 0.15) is 5.82 Å². The molecular weight excluding hydrogens is 458 g/mol. The Bertz CT molecular complexity index is 965. The molecule has 2 aromatic rings. The quantitative estimate of drug-likeness (QED) is 0.529. The predicted octanol–water partition coefficient (Wildman–Crippen LogP) is 6.05. The summed E-state index contributed by atoms with van der Waals surface area (Å²) in [5.41, 5.74) is 2.35. The molecule has 166 valence electrons. The van der Waals surface area contributed by atoms with Crippen LogP contribution in [0.2, 0.25) is 10.0 Å². The number of carbonyl (C=O) groups excluding carboxylic acids is 1. The first kappa shape index (κ1) is 24.1. The Kier molecular flexibility index (Phi) is 7.37. The molecule has 0 aromatic heterocycles. The van der Waals surface area contributed by atoms with Crippen molar-refractivity contribution in [3.8, 4) is 0 Å². The summed E-state index contributed by atoms with van der Waals surface area (Å²) in [6.45, 7) is 4.32. The Hall–Kier alpha value is -1.59. The second-order valence-electron chi connectivity index (χ2n) is 8.35. The van der Waals surface area contributed by atoms with Crippen LogP contribution in [0.3, 0.4) is 0 Å². The molecule has 0 N–H and O–H groups in total. The van der Waals surface area contributed by atoms with Gasteiger partial charge < -0.3 is 9.80 Å². The van der Waals surface area contributed by atoms with Crippen LogP contribution in [0, 0.1) is 5.82 Å². The molecule has 0 radical (unpaired) electrons. The zero-order chi connectivity index (χ0) is 21.5. The van der Waals surface area contributed by atoms with Crippen LogP contribution < -0.4 is 0 Å². The molecule has 2 aliphatic heterocycles. The molecule has 0 aliphatic carbocycles. The molecule has 3 nitrogen and oxygen atoms in total. The summed E-state index contributed by atoms with van der Waals surface area (Å²) in [5, 5.41) is 1.12. The summed E-state index contributed by atoms with van der Waals surface area (Å²) in [4.78, 5) is 17.8. The number of hydrogen-bond donors (Lipinski definition) is 0. The normalized spacial score (nSPS) is 19.7. The van der Waals surface area contributed by atoms with E-state index in [1.165, 1.54) is 12.1 Å². The summed E-state index contributed by atoms with van der Waals surface area (Å²) in [6, 6.07) is 11.9. The van der Waals surface area contributed by atoms with Gasteiger partial charge in [-0.2, -0.15) is 0 Å². The molecule has 31 heavy (non-hydrogen) atoms. The third-order valence-corrected chi connectivity index (χ3v) is 7.01. The van der Waals surface area contributed by atoms with Crippen molar-refractivity contribution >= 4 is 41.5 Å². The highest BCUT2D eigenvalue weighted by Crippen LogP contribution is 2.45. The zero-order valence-corrected chi connectivity index (χ0v) is 19.9. The van der Waals surface area contributed by atoms with E-state index < -0.39 is 5.41 Å². The molecule has 1 fully saturated rings. The van der Waals surface area contributed by atoms with Crippen molar-refractivity contribution in [1.82, 2.24) is 9.80 Å². The number of benzene rings is 2. The van der Waals surface area contributed by atoms with Gasteiger partial charge in [-0.25, -0.2) is 4.39 Å². The molecule has 2 heterocycles. The van der Waals surface area contributed by atoms with Gasteiger partial charge in [-0.1, -0.05) is 41.4 Å². The van der Waals surface area contributed by atoms with E-state index in [-0.39, 0.29) is 30.2 Å². The maximum absolute atomic E-state index is 13.6. The van der Waals surface area contributed by atoms with Crippen LogP contribution in [0.1, 0.15) is 36.9 Å². The monoisotopic (exact) mass is 482 g/mol. The van der Waals surface area contributed by atoms with Gasteiger partial charge in [-0.15, -0.1) is 12.4 Å². The van der Waals surface area contributed by atoms with Crippen molar-refractivity contribution in [3.63, 3.8) is 0 Å². The molecule has 2 aliphatic rings. The van der Waals surface area contributed by atoms with Crippen molar-refractivity contribution in [1.29, 1.82) is 0 Å². The summed E-state index contributed by atoms with van der Waals surface area (Å²) < 4.78 is 13.6. The van der Waals surface area contributed by atoms with Gasteiger partial charge in [0.25, 0.3) is 5.91 Å². The van der Waals surface area contributed by atoms with Crippen LogP contribution in [-0.4, -0.2) is 42.4 Å². The third kappa shape index (κ3) is 4.63. The zero-order valence-electron chi connectivity index (χ0n) is 17.6. The van der Waals surface area contributed by atoms with Gasteiger partial charge >= 0.3 is 0 Å². The largest absolute Gasteiger partial charge is 0.328 e. The SMILES string of the molecule is CC(c1cc(Cl)cc(Cl)c1)N1CC=C(C2(c3ccc(F)cc3)CCN(C)CC2)C1=O.Cl. The average Bonchev–Trinajstić information content (AvgIpc) is 3.10. The lowest BCUT2D eigenvalue weighted by molar-refractivity contribution is -0.128. The van der Waals surface area contributed by atoms with Crippen LogP contribution in [0.25, 0.3) is 0 Å². The third-order valence-electron chi connectivity index (χ3n) is 6.57. The molecule has 1 amide bonds. The molecule has 0 spiro atoms. The van der Waals surface area contributed by atoms with E-state index in [1.54, 1.807) is 6.07 Å². The molecule has 4 rings (SSSR count). The molecule has 0 saturated carbocycles.